The first-order valence-corrected chi connectivity index (χ1v) is 12.0. The molecule has 1 aliphatic carbocycles. The van der Waals surface area contributed by atoms with E-state index in [1.54, 1.807) is 16.8 Å². The molecule has 6 heteroatoms. The Hall–Kier alpha value is -2.70. The third-order valence-corrected chi connectivity index (χ3v) is 6.10. The number of aromatic nitrogens is 2. The van der Waals surface area contributed by atoms with Crippen molar-refractivity contribution >= 4 is 0 Å². The van der Waals surface area contributed by atoms with Crippen molar-refractivity contribution in [2.75, 3.05) is 13.1 Å². The first-order chi connectivity index (χ1) is 16.0. The van der Waals surface area contributed by atoms with Gasteiger partial charge in [-0.1, -0.05) is 56.2 Å². The Kier molecular flexibility index (Phi) is 7.78. The zero-order chi connectivity index (χ0) is 23.2. The van der Waals surface area contributed by atoms with Crippen molar-refractivity contribution in [1.29, 1.82) is 0 Å². The molecule has 2 aromatic carbocycles. The number of aliphatic hydroxyl groups excluding tert-OH is 1. The quantitative estimate of drug-likeness (QED) is 0.379. The van der Waals surface area contributed by atoms with Crippen LogP contribution in [0.4, 0.5) is 4.39 Å². The van der Waals surface area contributed by atoms with Gasteiger partial charge in [-0.15, -0.1) is 0 Å². The summed E-state index contributed by atoms with van der Waals surface area (Å²) in [6.07, 6.45) is 5.04. The molecule has 1 aromatic heterocycles. The number of aryl methyl sites for hydroxylation is 1. The summed E-state index contributed by atoms with van der Waals surface area (Å²) >= 11 is 0. The van der Waals surface area contributed by atoms with Crippen LogP contribution in [0.25, 0.3) is 11.3 Å². The summed E-state index contributed by atoms with van der Waals surface area (Å²) in [6.45, 7) is 4.33. The zero-order valence-electron chi connectivity index (χ0n) is 19.6. The van der Waals surface area contributed by atoms with Gasteiger partial charge in [-0.2, -0.15) is 5.10 Å². The second-order valence-corrected chi connectivity index (χ2v) is 9.11. The van der Waals surface area contributed by atoms with Crippen molar-refractivity contribution in [2.24, 2.45) is 13.0 Å². The normalized spacial score (nSPS) is 14.6. The predicted octanol–water partition coefficient (Wildman–Crippen LogP) is 5.78. The third-order valence-electron chi connectivity index (χ3n) is 6.10. The molecule has 1 N–H and O–H groups in total. The van der Waals surface area contributed by atoms with Gasteiger partial charge in [0.1, 0.15) is 17.3 Å². The van der Waals surface area contributed by atoms with Crippen LogP contribution >= 0.6 is 0 Å². The summed E-state index contributed by atoms with van der Waals surface area (Å²) in [5.41, 5.74) is 2.82. The summed E-state index contributed by atoms with van der Waals surface area (Å²) in [4.78, 5) is 2.33. The Labute approximate surface area is 195 Å². The van der Waals surface area contributed by atoms with E-state index in [0.29, 0.717) is 30.6 Å². The monoisotopic (exact) mass is 451 g/mol. The summed E-state index contributed by atoms with van der Waals surface area (Å²) in [6, 6.07) is 16.2. The maximum absolute atomic E-state index is 13.8. The van der Waals surface area contributed by atoms with Crippen molar-refractivity contribution < 1.29 is 14.2 Å². The fraction of sp³-hybridized carbons (Fsp3) is 0.444. The second-order valence-electron chi connectivity index (χ2n) is 9.11. The average molecular weight is 452 g/mol. The summed E-state index contributed by atoms with van der Waals surface area (Å²) in [5.74, 6) is 1.39. The summed E-state index contributed by atoms with van der Waals surface area (Å²) in [5, 5.41) is 15.4. The van der Waals surface area contributed by atoms with Gasteiger partial charge in [-0.05, 0) is 37.3 Å². The molecule has 1 unspecified atom stereocenters. The molecule has 1 heterocycles. The lowest BCUT2D eigenvalue weighted by Gasteiger charge is -2.25. The van der Waals surface area contributed by atoms with Gasteiger partial charge in [-0.3, -0.25) is 4.90 Å². The highest BCUT2D eigenvalue weighted by Crippen LogP contribution is 2.36. The highest BCUT2D eigenvalue weighted by molar-refractivity contribution is 5.65. The van der Waals surface area contributed by atoms with Gasteiger partial charge in [-0.25, -0.2) is 9.07 Å². The van der Waals surface area contributed by atoms with Gasteiger partial charge in [0.2, 0.25) is 5.88 Å². The number of aliphatic hydroxyl groups is 1. The number of ether oxygens (including phenoxy) is 1. The van der Waals surface area contributed by atoms with Gasteiger partial charge >= 0.3 is 0 Å². The minimum atomic E-state index is -0.354. The highest BCUT2D eigenvalue weighted by Gasteiger charge is 2.28. The fourth-order valence-electron chi connectivity index (χ4n) is 4.21. The minimum Gasteiger partial charge on any atom is -0.439 e. The summed E-state index contributed by atoms with van der Waals surface area (Å²) < 4.78 is 21.7. The van der Waals surface area contributed by atoms with Crippen LogP contribution in [0.3, 0.4) is 0 Å². The molecule has 0 bridgehead atoms. The Morgan fingerprint density at radius 3 is 2.67 bits per heavy atom. The van der Waals surface area contributed by atoms with E-state index in [1.165, 1.54) is 25.0 Å². The predicted molar refractivity (Wildman–Crippen MR) is 129 cm³/mol. The molecule has 33 heavy (non-hydrogen) atoms. The van der Waals surface area contributed by atoms with E-state index in [2.05, 4.69) is 11.8 Å². The van der Waals surface area contributed by atoms with E-state index in [1.807, 2.05) is 37.4 Å². The molecule has 0 saturated heterocycles. The lowest BCUT2D eigenvalue weighted by atomic mass is 10.1. The third kappa shape index (κ3) is 6.42. The van der Waals surface area contributed by atoms with Crippen LogP contribution in [0.5, 0.6) is 11.6 Å². The van der Waals surface area contributed by atoms with E-state index in [0.717, 1.165) is 42.6 Å². The first kappa shape index (κ1) is 23.5. The largest absolute Gasteiger partial charge is 0.439 e. The molecule has 1 aliphatic rings. The van der Waals surface area contributed by atoms with Crippen LogP contribution in [-0.4, -0.2) is 39.0 Å². The molecule has 1 fully saturated rings. The van der Waals surface area contributed by atoms with E-state index in [4.69, 9.17) is 9.84 Å². The molecule has 3 aromatic rings. The number of unbranched alkanes of at least 4 members (excludes halogenated alkanes) is 1. The molecule has 176 valence electrons. The molecule has 0 aliphatic heterocycles. The maximum atomic E-state index is 13.8. The van der Waals surface area contributed by atoms with Crippen LogP contribution in [0, 0.1) is 11.7 Å². The van der Waals surface area contributed by atoms with Gasteiger partial charge in [0.15, 0.2) is 0 Å². The molecule has 5 nitrogen and oxygen atoms in total. The van der Waals surface area contributed by atoms with Crippen LogP contribution in [0.15, 0.2) is 54.6 Å². The Bertz CT molecular complexity index is 1030. The Morgan fingerprint density at radius 2 is 1.97 bits per heavy atom. The van der Waals surface area contributed by atoms with Crippen molar-refractivity contribution in [3.63, 3.8) is 0 Å². The topological polar surface area (TPSA) is 50.5 Å². The van der Waals surface area contributed by atoms with Crippen LogP contribution in [0.1, 0.15) is 44.6 Å². The number of hydrogen-bond donors (Lipinski definition) is 1. The van der Waals surface area contributed by atoms with E-state index in [-0.39, 0.29) is 11.9 Å². The fourth-order valence-corrected chi connectivity index (χ4v) is 4.21. The van der Waals surface area contributed by atoms with E-state index < -0.39 is 0 Å². The van der Waals surface area contributed by atoms with Crippen molar-refractivity contribution in [3.05, 3.63) is 66.0 Å². The average Bonchev–Trinajstić information content (AvgIpc) is 3.57. The molecule has 1 saturated carbocycles. The first-order valence-electron chi connectivity index (χ1n) is 12.0. The minimum absolute atomic E-state index is 0.339. The molecule has 0 spiro atoms. The van der Waals surface area contributed by atoms with Crippen LogP contribution < -0.4 is 4.74 Å². The number of benzene rings is 2. The molecule has 0 amide bonds. The summed E-state index contributed by atoms with van der Waals surface area (Å²) in [7, 11) is 1.85. The van der Waals surface area contributed by atoms with Crippen molar-refractivity contribution in [1.82, 2.24) is 14.7 Å². The highest BCUT2D eigenvalue weighted by atomic mass is 19.1. The lowest BCUT2D eigenvalue weighted by molar-refractivity contribution is 0.0966. The van der Waals surface area contributed by atoms with E-state index in [9.17, 15) is 9.50 Å². The van der Waals surface area contributed by atoms with E-state index >= 15 is 0 Å². The molecule has 4 rings (SSSR count). The van der Waals surface area contributed by atoms with Crippen LogP contribution in [-0.2, 0) is 13.6 Å². The van der Waals surface area contributed by atoms with Crippen molar-refractivity contribution in [2.45, 2.75) is 51.7 Å². The van der Waals surface area contributed by atoms with Gasteiger partial charge in [0.25, 0.3) is 0 Å². The van der Waals surface area contributed by atoms with Gasteiger partial charge in [0, 0.05) is 38.3 Å². The van der Waals surface area contributed by atoms with Crippen molar-refractivity contribution in [3.8, 4) is 22.9 Å². The maximum Gasteiger partial charge on any atom is 0.222 e. The lowest BCUT2D eigenvalue weighted by Crippen LogP contribution is -2.34. The SMILES string of the molecule is CCCCC(O)CN(Cc1c(-c2ccccc2)nn(C)c1Oc1cccc(F)c1)CC1CC1. The van der Waals surface area contributed by atoms with Gasteiger partial charge < -0.3 is 9.84 Å². The number of halogens is 1. The standard InChI is InChI=1S/C27H34FN3O2/c1-3-4-12-23(32)18-31(17-20-14-15-20)19-25-26(21-9-6-5-7-10-21)29-30(2)27(25)33-24-13-8-11-22(28)16-24/h5-11,13,16,20,23,32H,3-4,12,14-15,17-19H2,1-2H3. The Morgan fingerprint density at radius 1 is 1.18 bits per heavy atom. The molecule has 1 atom stereocenters. The molecular weight excluding hydrogens is 417 g/mol. The number of hydrogen-bond acceptors (Lipinski definition) is 4. The Balaban J connectivity index is 1.66. The second kappa shape index (κ2) is 10.9. The smallest absolute Gasteiger partial charge is 0.222 e. The number of nitrogens with zero attached hydrogens (tertiary/aromatic N) is 3. The number of rotatable bonds is 12. The molecule has 0 radical (unpaired) electrons. The van der Waals surface area contributed by atoms with Crippen LogP contribution in [0.2, 0.25) is 0 Å². The molecular formula is C27H34FN3O2. The van der Waals surface area contributed by atoms with Gasteiger partial charge in [0.05, 0.1) is 11.7 Å². The zero-order valence-corrected chi connectivity index (χ0v) is 19.6.